The molecule has 0 aromatic heterocycles. The summed E-state index contributed by atoms with van der Waals surface area (Å²) in [5.41, 5.74) is 5.78. The molecule has 6 atom stereocenters. The number of hydrogen-bond donors (Lipinski definition) is 8. The molecule has 0 aromatic rings. The zero-order chi connectivity index (χ0) is 32.9. The Morgan fingerprint density at radius 3 is 1.95 bits per heavy atom. The number of amides is 5. The van der Waals surface area contributed by atoms with Gasteiger partial charge in [-0.2, -0.15) is 11.8 Å². The maximum Gasteiger partial charge on any atom is 0.326 e. The largest absolute Gasteiger partial charge is 0.481 e. The van der Waals surface area contributed by atoms with Gasteiger partial charge in [0.25, 0.3) is 0 Å². The van der Waals surface area contributed by atoms with Gasteiger partial charge in [0.15, 0.2) is 0 Å². The van der Waals surface area contributed by atoms with E-state index in [1.807, 2.05) is 6.26 Å². The number of aliphatic carboxylic acids is 3. The summed E-state index contributed by atoms with van der Waals surface area (Å²) in [6.07, 6.45) is 0.891. The highest BCUT2D eigenvalue weighted by atomic mass is 32.2. The van der Waals surface area contributed by atoms with Crippen molar-refractivity contribution in [2.75, 3.05) is 18.6 Å². The van der Waals surface area contributed by atoms with Crippen LogP contribution in [-0.2, 0) is 38.4 Å². The van der Waals surface area contributed by atoms with Crippen molar-refractivity contribution in [3.8, 4) is 0 Å². The number of nitrogens with zero attached hydrogens (tertiary/aromatic N) is 1. The van der Waals surface area contributed by atoms with Crippen LogP contribution >= 0.6 is 11.8 Å². The van der Waals surface area contributed by atoms with Gasteiger partial charge in [-0.05, 0) is 51.5 Å². The molecular weight excluding hydrogens is 592 g/mol. The van der Waals surface area contributed by atoms with Gasteiger partial charge < -0.3 is 47.2 Å². The first-order chi connectivity index (χ1) is 20.1. The second kappa shape index (κ2) is 17.9. The van der Waals surface area contributed by atoms with Crippen LogP contribution in [0.5, 0.6) is 0 Å². The van der Waals surface area contributed by atoms with Crippen LogP contribution < -0.4 is 27.0 Å². The number of carbonyl (C=O) groups is 8. The first kappa shape index (κ1) is 37.1. The summed E-state index contributed by atoms with van der Waals surface area (Å²) in [7, 11) is 0. The van der Waals surface area contributed by atoms with Gasteiger partial charge in [0.2, 0.25) is 29.5 Å². The number of nitrogens with one attached hydrogen (secondary N) is 4. The number of carboxylic acid groups (broad SMARTS) is 3. The Balaban J connectivity index is 2.98. The average molecular weight is 633 g/mol. The number of carbonyl (C=O) groups excluding carboxylic acids is 5. The van der Waals surface area contributed by atoms with E-state index in [-0.39, 0.29) is 13.0 Å². The topological polar surface area (TPSA) is 275 Å². The van der Waals surface area contributed by atoms with Crippen LogP contribution in [0, 0.1) is 0 Å². The summed E-state index contributed by atoms with van der Waals surface area (Å²) < 4.78 is 0. The molecule has 17 nitrogen and oxygen atoms in total. The summed E-state index contributed by atoms with van der Waals surface area (Å²) in [6.45, 7) is 2.75. The van der Waals surface area contributed by atoms with Crippen LogP contribution in [0.3, 0.4) is 0 Å². The maximum absolute atomic E-state index is 13.0. The molecule has 0 radical (unpaired) electrons. The fraction of sp³-hybridized carbons (Fsp3) is 0.680. The van der Waals surface area contributed by atoms with E-state index >= 15 is 0 Å². The van der Waals surface area contributed by atoms with E-state index in [0.717, 1.165) is 4.90 Å². The lowest BCUT2D eigenvalue weighted by molar-refractivity contribution is -0.149. The van der Waals surface area contributed by atoms with Crippen LogP contribution in [0.4, 0.5) is 0 Å². The molecule has 43 heavy (non-hydrogen) atoms. The van der Waals surface area contributed by atoms with Gasteiger partial charge in [-0.15, -0.1) is 0 Å². The fourth-order valence-electron chi connectivity index (χ4n) is 4.16. The lowest BCUT2D eigenvalue weighted by Gasteiger charge is -2.27. The first-order valence-corrected chi connectivity index (χ1v) is 14.9. The Bertz CT molecular complexity index is 1070. The molecule has 1 rings (SSSR count). The smallest absolute Gasteiger partial charge is 0.326 e. The Morgan fingerprint density at radius 2 is 1.40 bits per heavy atom. The van der Waals surface area contributed by atoms with Crippen LogP contribution in [0.1, 0.15) is 52.4 Å². The molecule has 1 aliphatic heterocycles. The summed E-state index contributed by atoms with van der Waals surface area (Å²) in [6, 6.07) is -7.70. The summed E-state index contributed by atoms with van der Waals surface area (Å²) in [5.74, 6) is -7.77. The molecule has 1 fully saturated rings. The third-order valence-electron chi connectivity index (χ3n) is 6.56. The van der Waals surface area contributed by atoms with Crippen molar-refractivity contribution >= 4 is 59.2 Å². The number of likely N-dealkylation sites (tertiary alicyclic amines) is 1. The molecule has 5 amide bonds. The highest BCUT2D eigenvalue weighted by Crippen LogP contribution is 2.18. The van der Waals surface area contributed by atoms with Gasteiger partial charge in [-0.1, -0.05) is 0 Å². The maximum atomic E-state index is 13.0. The van der Waals surface area contributed by atoms with Crippen molar-refractivity contribution < 1.29 is 53.7 Å². The van der Waals surface area contributed by atoms with Gasteiger partial charge in [0.1, 0.15) is 30.2 Å². The molecule has 0 aliphatic carbocycles. The zero-order valence-electron chi connectivity index (χ0n) is 24.2. The van der Waals surface area contributed by atoms with Gasteiger partial charge in [0.05, 0.1) is 12.5 Å². The molecule has 1 heterocycles. The molecule has 0 aromatic carbocycles. The Morgan fingerprint density at radius 1 is 0.814 bits per heavy atom. The molecule has 9 N–H and O–H groups in total. The minimum Gasteiger partial charge on any atom is -0.481 e. The SMILES string of the molecule is CSCC[C@H](N)C(=O)N[C@@H](C)C(=O)N[C@@H](CC(=O)O)C(=O)N[C@@H](CCC(=O)O)C(=O)N[C@@H](C)C(=O)N1CCC[C@H]1C(=O)O. The van der Waals surface area contributed by atoms with Crippen LogP contribution in [-0.4, -0.2) is 122 Å². The van der Waals surface area contributed by atoms with Gasteiger partial charge in [-0.3, -0.25) is 33.6 Å². The third kappa shape index (κ3) is 12.5. The minimum atomic E-state index is -1.73. The van der Waals surface area contributed by atoms with Crippen LogP contribution in [0.15, 0.2) is 0 Å². The molecular formula is C25H40N6O11S. The molecule has 0 bridgehead atoms. The quantitative estimate of drug-likeness (QED) is 0.0774. The number of thioether (sulfide) groups is 1. The van der Waals surface area contributed by atoms with Crippen molar-refractivity contribution in [2.45, 2.75) is 88.6 Å². The van der Waals surface area contributed by atoms with Crippen LogP contribution in [0.25, 0.3) is 0 Å². The first-order valence-electron chi connectivity index (χ1n) is 13.5. The molecule has 1 aliphatic rings. The van der Waals surface area contributed by atoms with Crippen molar-refractivity contribution in [3.63, 3.8) is 0 Å². The molecule has 1 saturated heterocycles. The Kier molecular flexibility index (Phi) is 15.4. The van der Waals surface area contributed by atoms with E-state index in [1.165, 1.54) is 25.6 Å². The second-order valence-electron chi connectivity index (χ2n) is 10.0. The normalized spacial score (nSPS) is 17.9. The Labute approximate surface area is 252 Å². The molecule has 0 spiro atoms. The lowest BCUT2D eigenvalue weighted by Crippen LogP contribution is -2.59. The number of carboxylic acids is 3. The second-order valence-corrected chi connectivity index (χ2v) is 11.0. The predicted octanol–water partition coefficient (Wildman–Crippen LogP) is -2.54. The number of rotatable bonds is 18. The summed E-state index contributed by atoms with van der Waals surface area (Å²) in [4.78, 5) is 98.9. The highest BCUT2D eigenvalue weighted by Gasteiger charge is 2.37. The average Bonchev–Trinajstić information content (AvgIpc) is 3.42. The van der Waals surface area contributed by atoms with Crippen molar-refractivity contribution in [1.82, 2.24) is 26.2 Å². The van der Waals surface area contributed by atoms with Crippen molar-refractivity contribution in [3.05, 3.63) is 0 Å². The van der Waals surface area contributed by atoms with E-state index < -0.39 is 103 Å². The fourth-order valence-corrected chi connectivity index (χ4v) is 4.65. The van der Waals surface area contributed by atoms with E-state index in [2.05, 4.69) is 21.3 Å². The number of nitrogens with two attached hydrogens (primary N) is 1. The van der Waals surface area contributed by atoms with Gasteiger partial charge in [0, 0.05) is 13.0 Å². The molecule has 242 valence electrons. The van der Waals surface area contributed by atoms with E-state index in [4.69, 9.17) is 10.8 Å². The minimum absolute atomic E-state index is 0.161. The van der Waals surface area contributed by atoms with E-state index in [9.17, 15) is 48.6 Å². The Hall–Kier alpha value is -3.93. The van der Waals surface area contributed by atoms with E-state index in [1.54, 1.807) is 0 Å². The van der Waals surface area contributed by atoms with Crippen molar-refractivity contribution in [2.24, 2.45) is 5.73 Å². The predicted molar refractivity (Wildman–Crippen MR) is 152 cm³/mol. The monoisotopic (exact) mass is 632 g/mol. The van der Waals surface area contributed by atoms with Gasteiger partial charge >= 0.3 is 17.9 Å². The number of hydrogen-bond acceptors (Lipinski definition) is 10. The van der Waals surface area contributed by atoms with Gasteiger partial charge in [-0.25, -0.2) is 4.79 Å². The lowest BCUT2D eigenvalue weighted by atomic mass is 10.1. The van der Waals surface area contributed by atoms with E-state index in [0.29, 0.717) is 18.6 Å². The highest BCUT2D eigenvalue weighted by molar-refractivity contribution is 7.98. The summed E-state index contributed by atoms with van der Waals surface area (Å²) in [5, 5.41) is 36.9. The molecule has 0 saturated carbocycles. The van der Waals surface area contributed by atoms with Crippen molar-refractivity contribution in [1.29, 1.82) is 0 Å². The summed E-state index contributed by atoms with van der Waals surface area (Å²) >= 11 is 1.47. The third-order valence-corrected chi connectivity index (χ3v) is 7.21. The molecule has 0 unspecified atom stereocenters. The molecule has 18 heteroatoms. The standard InChI is InChI=1S/C25H40N6O11S/c1-12(27-21(37)14(26)8-10-43-3)20(36)30-16(11-19(34)35)23(39)29-15(6-7-18(32)33)22(38)28-13(2)24(40)31-9-4-5-17(31)25(41)42/h12-17H,4-11,26H2,1-3H3,(H,27,37)(H,28,38)(H,29,39)(H,30,36)(H,32,33)(H,34,35)(H,41,42)/t12-,13-,14-,15-,16-,17-/m0/s1. The zero-order valence-corrected chi connectivity index (χ0v) is 25.0. The van der Waals surface area contributed by atoms with Crippen LogP contribution in [0.2, 0.25) is 0 Å².